The van der Waals surface area contributed by atoms with Crippen LogP contribution in [0.3, 0.4) is 0 Å². The van der Waals surface area contributed by atoms with Gasteiger partial charge < -0.3 is 5.73 Å². The largest absolute Gasteiger partial charge is 0.369 e. The Morgan fingerprint density at radius 3 is 2.13 bits per heavy atom. The summed E-state index contributed by atoms with van der Waals surface area (Å²) in [6.45, 7) is 7.35. The number of nitrogens with zero attached hydrogens (tertiary/aromatic N) is 2. The predicted molar refractivity (Wildman–Crippen MR) is 84.5 cm³/mol. The number of nitrogens with two attached hydrogens (primary N) is 1. The summed E-state index contributed by atoms with van der Waals surface area (Å²) in [5.41, 5.74) is 3.41. The topological polar surface area (TPSA) is 129 Å². The number of hydrogen-bond donors (Lipinski definition) is 1. The summed E-state index contributed by atoms with van der Waals surface area (Å²) in [5.74, 6) is -2.65. The fourth-order valence-corrected chi connectivity index (χ4v) is 3.26. The van der Waals surface area contributed by atoms with Crippen LogP contribution in [-0.2, 0) is 4.79 Å². The lowest BCUT2D eigenvalue weighted by atomic mass is 9.67. The van der Waals surface area contributed by atoms with Crippen molar-refractivity contribution in [3.8, 4) is 0 Å². The monoisotopic (exact) mass is 325 g/mol. The number of amides is 1. The molecular weight excluding hydrogens is 302 g/mol. The van der Waals surface area contributed by atoms with E-state index in [1.807, 2.05) is 13.8 Å². The molecule has 0 bridgehead atoms. The third kappa shape index (κ3) is 3.57. The highest BCUT2D eigenvalue weighted by Crippen LogP contribution is 2.44. The van der Waals surface area contributed by atoms with Gasteiger partial charge in [-0.05, 0) is 24.3 Å². The number of allylic oxidation sites excluding steroid dienone is 2. The molecule has 0 saturated heterocycles. The molecule has 0 saturated carbocycles. The lowest BCUT2D eigenvalue weighted by Crippen LogP contribution is -2.56. The number of primary amides is 1. The van der Waals surface area contributed by atoms with Gasteiger partial charge in [0, 0.05) is 23.0 Å². The van der Waals surface area contributed by atoms with E-state index in [2.05, 4.69) is 0 Å². The molecule has 2 N–H and O–H groups in total. The van der Waals surface area contributed by atoms with Crippen LogP contribution in [0.1, 0.15) is 40.5 Å². The highest BCUT2D eigenvalue weighted by molar-refractivity contribution is 5.82. The van der Waals surface area contributed by atoms with E-state index in [9.17, 15) is 25.0 Å². The van der Waals surface area contributed by atoms with Crippen LogP contribution >= 0.6 is 0 Å². The van der Waals surface area contributed by atoms with Gasteiger partial charge in [0.1, 0.15) is 0 Å². The summed E-state index contributed by atoms with van der Waals surface area (Å²) in [6.07, 6.45) is 2.98. The van der Waals surface area contributed by atoms with E-state index in [-0.39, 0.29) is 18.3 Å². The normalized spacial score (nSPS) is 24.3. The third-order valence-electron chi connectivity index (χ3n) is 3.95. The number of carbonyl (C=O) groups excluding carboxylic acids is 1. The van der Waals surface area contributed by atoms with Crippen LogP contribution in [0.4, 0.5) is 0 Å². The number of nitro groups is 2. The maximum atomic E-state index is 12.0. The molecule has 2 atom stereocenters. The number of rotatable bonds is 7. The molecule has 1 amide bonds. The van der Waals surface area contributed by atoms with Crippen LogP contribution in [0.2, 0.25) is 0 Å². The molecule has 1 rings (SSSR count). The van der Waals surface area contributed by atoms with Gasteiger partial charge in [-0.2, -0.15) is 0 Å². The van der Waals surface area contributed by atoms with Crippen LogP contribution < -0.4 is 5.73 Å². The first-order chi connectivity index (χ1) is 10.5. The van der Waals surface area contributed by atoms with E-state index in [0.717, 1.165) is 0 Å². The average Bonchev–Trinajstić information content (AvgIpc) is 2.37. The summed E-state index contributed by atoms with van der Waals surface area (Å²) in [5, 5.41) is 23.3. The van der Waals surface area contributed by atoms with Crippen LogP contribution in [0.15, 0.2) is 23.4 Å². The molecule has 128 valence electrons. The van der Waals surface area contributed by atoms with Crippen molar-refractivity contribution in [3.63, 3.8) is 0 Å². The van der Waals surface area contributed by atoms with Crippen molar-refractivity contribution >= 4 is 5.91 Å². The average molecular weight is 325 g/mol. The second-order valence-corrected chi connectivity index (χ2v) is 6.75. The zero-order chi connectivity index (χ0) is 17.9. The lowest BCUT2D eigenvalue weighted by Gasteiger charge is -2.35. The zero-order valence-corrected chi connectivity index (χ0v) is 13.8. The second-order valence-electron chi connectivity index (χ2n) is 6.75. The Hall–Kier alpha value is -2.25. The number of carbonyl (C=O) groups is 1. The fourth-order valence-electron chi connectivity index (χ4n) is 3.26. The quantitative estimate of drug-likeness (QED) is 0.567. The second kappa shape index (κ2) is 6.89. The molecule has 0 radical (unpaired) electrons. The van der Waals surface area contributed by atoms with Crippen LogP contribution in [0.25, 0.3) is 0 Å². The lowest BCUT2D eigenvalue weighted by molar-refractivity contribution is -0.575. The Labute approximate surface area is 134 Å². The molecule has 1 aliphatic rings. The molecule has 8 heteroatoms. The Morgan fingerprint density at radius 1 is 1.22 bits per heavy atom. The first kappa shape index (κ1) is 18.8. The molecule has 0 aromatic rings. The minimum atomic E-state index is -1.86. The van der Waals surface area contributed by atoms with E-state index in [1.165, 1.54) is 12.2 Å². The summed E-state index contributed by atoms with van der Waals surface area (Å²) < 4.78 is 0. The highest BCUT2D eigenvalue weighted by atomic mass is 16.6. The summed E-state index contributed by atoms with van der Waals surface area (Å²) >= 11 is 0. The molecule has 8 nitrogen and oxygen atoms in total. The van der Waals surface area contributed by atoms with Crippen molar-refractivity contribution in [3.05, 3.63) is 43.7 Å². The molecular formula is C15H23N3O5. The van der Waals surface area contributed by atoms with Crippen molar-refractivity contribution < 1.29 is 14.6 Å². The SMILES string of the molecule is CC(C)CC1=CC=C([N+](=O)[O-])C(C(N)=O)C1(CC(C)C)[N+](=O)[O-]. The third-order valence-corrected chi connectivity index (χ3v) is 3.95. The van der Waals surface area contributed by atoms with Gasteiger partial charge in [0.2, 0.25) is 11.8 Å². The highest BCUT2D eigenvalue weighted by Gasteiger charge is 2.62. The summed E-state index contributed by atoms with van der Waals surface area (Å²) in [7, 11) is 0. The van der Waals surface area contributed by atoms with Gasteiger partial charge in [-0.1, -0.05) is 27.7 Å². The van der Waals surface area contributed by atoms with Crippen LogP contribution in [-0.4, -0.2) is 21.3 Å². The van der Waals surface area contributed by atoms with E-state index in [1.54, 1.807) is 13.8 Å². The molecule has 0 aromatic heterocycles. The molecule has 0 fully saturated rings. The zero-order valence-electron chi connectivity index (χ0n) is 13.8. The molecule has 1 aliphatic carbocycles. The molecule has 23 heavy (non-hydrogen) atoms. The smallest absolute Gasteiger partial charge is 0.266 e. The predicted octanol–water partition coefficient (Wildman–Crippen LogP) is 2.30. The Morgan fingerprint density at radius 2 is 1.78 bits per heavy atom. The first-order valence-electron chi connectivity index (χ1n) is 7.53. The fraction of sp³-hybridized carbons (Fsp3) is 0.667. The summed E-state index contributed by atoms with van der Waals surface area (Å²) in [4.78, 5) is 33.9. The van der Waals surface area contributed by atoms with Crippen molar-refractivity contribution in [1.82, 2.24) is 0 Å². The van der Waals surface area contributed by atoms with E-state index >= 15 is 0 Å². The van der Waals surface area contributed by atoms with E-state index < -0.39 is 32.9 Å². The maximum absolute atomic E-state index is 12.0. The molecule has 0 aliphatic heterocycles. The molecule has 2 unspecified atom stereocenters. The van der Waals surface area contributed by atoms with Gasteiger partial charge in [0.15, 0.2) is 0 Å². The first-order valence-corrected chi connectivity index (χ1v) is 7.53. The maximum Gasteiger partial charge on any atom is 0.266 e. The van der Waals surface area contributed by atoms with Gasteiger partial charge in [0.25, 0.3) is 11.2 Å². The van der Waals surface area contributed by atoms with Gasteiger partial charge in [0.05, 0.1) is 4.92 Å². The van der Waals surface area contributed by atoms with Gasteiger partial charge in [-0.25, -0.2) is 0 Å². The van der Waals surface area contributed by atoms with Crippen molar-refractivity contribution in [2.75, 3.05) is 0 Å². The Bertz CT molecular complexity index is 580. The minimum absolute atomic E-state index is 0.0112. The summed E-state index contributed by atoms with van der Waals surface area (Å²) in [6, 6.07) is 0. The van der Waals surface area contributed by atoms with Gasteiger partial charge in [-0.3, -0.25) is 25.0 Å². The molecule has 0 spiro atoms. The standard InChI is InChI=1S/C15H23N3O5/c1-9(2)7-11-5-6-12(17(20)21)13(14(16)19)15(11,18(22)23)8-10(3)4/h5-6,9-10,13H,7-8H2,1-4H3,(H2,16,19). The van der Waals surface area contributed by atoms with E-state index in [0.29, 0.717) is 12.0 Å². The van der Waals surface area contributed by atoms with Crippen LogP contribution in [0.5, 0.6) is 0 Å². The molecule has 0 aromatic carbocycles. The van der Waals surface area contributed by atoms with Crippen molar-refractivity contribution in [1.29, 1.82) is 0 Å². The Kier molecular flexibility index (Phi) is 5.63. The van der Waals surface area contributed by atoms with Gasteiger partial charge >= 0.3 is 0 Å². The van der Waals surface area contributed by atoms with Gasteiger partial charge in [-0.15, -0.1) is 0 Å². The molecule has 0 heterocycles. The van der Waals surface area contributed by atoms with E-state index in [4.69, 9.17) is 5.73 Å². The Balaban J connectivity index is 3.66. The number of hydrogen-bond acceptors (Lipinski definition) is 5. The van der Waals surface area contributed by atoms with Crippen LogP contribution in [0, 0.1) is 38.0 Å². The minimum Gasteiger partial charge on any atom is -0.369 e. The van der Waals surface area contributed by atoms with Crippen molar-refractivity contribution in [2.45, 2.75) is 46.1 Å². The van der Waals surface area contributed by atoms with Crippen molar-refractivity contribution in [2.24, 2.45) is 23.5 Å².